The Labute approximate surface area is 155 Å². The van der Waals surface area contributed by atoms with Gasteiger partial charge in [-0.05, 0) is 62.2 Å². The van der Waals surface area contributed by atoms with Crippen molar-refractivity contribution in [3.63, 3.8) is 0 Å². The average molecular weight is 354 g/mol. The van der Waals surface area contributed by atoms with Crippen molar-refractivity contribution in [1.29, 1.82) is 0 Å². The summed E-state index contributed by atoms with van der Waals surface area (Å²) in [7, 11) is 0. The summed E-state index contributed by atoms with van der Waals surface area (Å²) in [6.45, 7) is 8.38. The van der Waals surface area contributed by atoms with Gasteiger partial charge in [-0.1, -0.05) is 12.1 Å². The number of nitrogens with zero attached hydrogens (tertiary/aromatic N) is 1. The number of carbonyl (C=O) groups is 2. The van der Waals surface area contributed by atoms with Crippen LogP contribution in [0.5, 0.6) is 5.75 Å². The highest BCUT2D eigenvalue weighted by atomic mass is 16.5. The number of benzene rings is 2. The van der Waals surface area contributed by atoms with Crippen LogP contribution in [0.2, 0.25) is 0 Å². The van der Waals surface area contributed by atoms with Crippen molar-refractivity contribution in [3.8, 4) is 5.75 Å². The molecule has 2 aromatic rings. The first-order valence-electron chi connectivity index (χ1n) is 8.79. The first-order chi connectivity index (χ1) is 12.4. The van der Waals surface area contributed by atoms with E-state index in [4.69, 9.17) is 4.74 Å². The Morgan fingerprint density at radius 2 is 1.77 bits per heavy atom. The van der Waals surface area contributed by atoms with Crippen LogP contribution in [0.3, 0.4) is 0 Å². The Balaban J connectivity index is 1.99. The van der Waals surface area contributed by atoms with Crippen molar-refractivity contribution in [2.24, 2.45) is 0 Å². The quantitative estimate of drug-likeness (QED) is 0.815. The van der Waals surface area contributed by atoms with E-state index >= 15 is 0 Å². The van der Waals surface area contributed by atoms with E-state index < -0.39 is 0 Å². The summed E-state index contributed by atoms with van der Waals surface area (Å²) < 4.78 is 5.38. The third-order valence-electron chi connectivity index (χ3n) is 4.26. The first kappa shape index (κ1) is 19.5. The highest BCUT2D eigenvalue weighted by molar-refractivity contribution is 5.95. The third kappa shape index (κ3) is 5.09. The van der Waals surface area contributed by atoms with Crippen LogP contribution in [0.4, 0.5) is 11.4 Å². The zero-order chi connectivity index (χ0) is 19.1. The van der Waals surface area contributed by atoms with Gasteiger partial charge in [-0.25, -0.2) is 0 Å². The summed E-state index contributed by atoms with van der Waals surface area (Å²) in [6, 6.07) is 13.1. The standard InChI is InChI=1S/C21H26N2O3/c1-5-26-19-11-9-18(10-12-19)22-21(25)13-14-23(17(4)24)20-8-6-7-15(2)16(20)3/h6-12H,5,13-14H2,1-4H3,(H,22,25). The van der Waals surface area contributed by atoms with Crippen LogP contribution in [0, 0.1) is 13.8 Å². The largest absolute Gasteiger partial charge is 0.494 e. The number of nitrogens with one attached hydrogen (secondary N) is 1. The average Bonchev–Trinajstić information content (AvgIpc) is 2.60. The van der Waals surface area contributed by atoms with E-state index in [0.717, 1.165) is 22.6 Å². The molecule has 0 atom stereocenters. The molecule has 0 fully saturated rings. The summed E-state index contributed by atoms with van der Waals surface area (Å²) in [5, 5.41) is 2.85. The molecule has 26 heavy (non-hydrogen) atoms. The van der Waals surface area contributed by atoms with Crippen LogP contribution in [-0.2, 0) is 9.59 Å². The van der Waals surface area contributed by atoms with E-state index in [1.165, 1.54) is 6.92 Å². The van der Waals surface area contributed by atoms with E-state index in [-0.39, 0.29) is 18.2 Å². The molecule has 0 aliphatic rings. The number of aryl methyl sites for hydroxylation is 1. The van der Waals surface area contributed by atoms with Crippen LogP contribution < -0.4 is 15.0 Å². The molecule has 0 aliphatic carbocycles. The predicted octanol–water partition coefficient (Wildman–Crippen LogP) is 4.08. The summed E-state index contributed by atoms with van der Waals surface area (Å²) in [6.07, 6.45) is 0.222. The first-order valence-corrected chi connectivity index (χ1v) is 8.79. The lowest BCUT2D eigenvalue weighted by atomic mass is 10.1. The number of hydrogen-bond donors (Lipinski definition) is 1. The highest BCUT2D eigenvalue weighted by Crippen LogP contribution is 2.23. The molecule has 0 spiro atoms. The van der Waals surface area contributed by atoms with Gasteiger partial charge in [0.05, 0.1) is 6.61 Å². The zero-order valence-electron chi connectivity index (χ0n) is 15.8. The number of anilines is 2. The zero-order valence-corrected chi connectivity index (χ0v) is 15.8. The summed E-state index contributed by atoms with van der Waals surface area (Å²) in [5.41, 5.74) is 3.73. The molecule has 2 amide bonds. The van der Waals surface area contributed by atoms with Gasteiger partial charge >= 0.3 is 0 Å². The lowest BCUT2D eigenvalue weighted by molar-refractivity contribution is -0.117. The maximum absolute atomic E-state index is 12.3. The second-order valence-electron chi connectivity index (χ2n) is 6.15. The third-order valence-corrected chi connectivity index (χ3v) is 4.26. The molecule has 0 saturated carbocycles. The monoisotopic (exact) mass is 354 g/mol. The molecule has 2 aromatic carbocycles. The molecule has 1 N–H and O–H groups in total. The van der Waals surface area contributed by atoms with Crippen LogP contribution in [0.1, 0.15) is 31.4 Å². The number of amides is 2. The minimum absolute atomic E-state index is 0.0763. The van der Waals surface area contributed by atoms with Crippen molar-refractivity contribution in [2.45, 2.75) is 34.1 Å². The van der Waals surface area contributed by atoms with E-state index in [2.05, 4.69) is 5.32 Å². The van der Waals surface area contributed by atoms with Crippen molar-refractivity contribution in [3.05, 3.63) is 53.6 Å². The fourth-order valence-corrected chi connectivity index (χ4v) is 2.71. The number of hydrogen-bond acceptors (Lipinski definition) is 3. The molecule has 0 aromatic heterocycles. The SMILES string of the molecule is CCOc1ccc(NC(=O)CCN(C(C)=O)c2cccc(C)c2C)cc1. The number of ether oxygens (including phenoxy) is 1. The molecule has 0 heterocycles. The van der Waals surface area contributed by atoms with Crippen molar-refractivity contribution in [1.82, 2.24) is 0 Å². The van der Waals surface area contributed by atoms with Crippen LogP contribution in [0.15, 0.2) is 42.5 Å². The molecule has 0 radical (unpaired) electrons. The van der Waals surface area contributed by atoms with E-state index in [1.807, 2.05) is 51.1 Å². The Hall–Kier alpha value is -2.82. The minimum atomic E-state index is -0.134. The van der Waals surface area contributed by atoms with Gasteiger partial charge in [-0.15, -0.1) is 0 Å². The maximum Gasteiger partial charge on any atom is 0.226 e. The maximum atomic E-state index is 12.3. The lowest BCUT2D eigenvalue weighted by Gasteiger charge is -2.23. The molecule has 138 valence electrons. The summed E-state index contributed by atoms with van der Waals surface area (Å²) >= 11 is 0. The van der Waals surface area contributed by atoms with Gasteiger partial charge in [0.1, 0.15) is 5.75 Å². The normalized spacial score (nSPS) is 10.3. The van der Waals surface area contributed by atoms with E-state index in [0.29, 0.717) is 18.8 Å². The van der Waals surface area contributed by atoms with Gasteiger partial charge in [0.25, 0.3) is 0 Å². The Morgan fingerprint density at radius 3 is 2.38 bits per heavy atom. The molecule has 0 aliphatic heterocycles. The van der Waals surface area contributed by atoms with Crippen LogP contribution >= 0.6 is 0 Å². The van der Waals surface area contributed by atoms with Crippen molar-refractivity contribution < 1.29 is 14.3 Å². The van der Waals surface area contributed by atoms with Gasteiger partial charge in [-0.2, -0.15) is 0 Å². The summed E-state index contributed by atoms with van der Waals surface area (Å²) in [4.78, 5) is 26.0. The van der Waals surface area contributed by atoms with Crippen molar-refractivity contribution in [2.75, 3.05) is 23.4 Å². The van der Waals surface area contributed by atoms with Gasteiger partial charge < -0.3 is 15.0 Å². The topological polar surface area (TPSA) is 58.6 Å². The van der Waals surface area contributed by atoms with E-state index in [1.54, 1.807) is 17.0 Å². The second-order valence-corrected chi connectivity index (χ2v) is 6.15. The smallest absolute Gasteiger partial charge is 0.226 e. The van der Waals surface area contributed by atoms with Gasteiger partial charge in [0.2, 0.25) is 11.8 Å². The predicted molar refractivity (Wildman–Crippen MR) is 105 cm³/mol. The summed E-state index contributed by atoms with van der Waals surface area (Å²) in [5.74, 6) is 0.557. The Morgan fingerprint density at radius 1 is 1.08 bits per heavy atom. The molecular formula is C21H26N2O3. The van der Waals surface area contributed by atoms with Crippen LogP contribution in [-0.4, -0.2) is 25.0 Å². The second kappa shape index (κ2) is 9.04. The fraction of sp³-hybridized carbons (Fsp3) is 0.333. The molecule has 2 rings (SSSR count). The molecule has 0 saturated heterocycles. The van der Waals surface area contributed by atoms with Gasteiger partial charge in [0, 0.05) is 31.3 Å². The van der Waals surface area contributed by atoms with Crippen LogP contribution in [0.25, 0.3) is 0 Å². The molecule has 5 nitrogen and oxygen atoms in total. The number of rotatable bonds is 7. The van der Waals surface area contributed by atoms with Gasteiger partial charge in [-0.3, -0.25) is 9.59 Å². The number of carbonyl (C=O) groups excluding carboxylic acids is 2. The molecule has 5 heteroatoms. The molecule has 0 bridgehead atoms. The lowest BCUT2D eigenvalue weighted by Crippen LogP contribution is -2.32. The Bertz CT molecular complexity index is 769. The van der Waals surface area contributed by atoms with Gasteiger partial charge in [0.15, 0.2) is 0 Å². The van der Waals surface area contributed by atoms with Crippen molar-refractivity contribution >= 4 is 23.2 Å². The molecular weight excluding hydrogens is 328 g/mol. The highest BCUT2D eigenvalue weighted by Gasteiger charge is 2.16. The molecule has 0 unspecified atom stereocenters. The van der Waals surface area contributed by atoms with E-state index in [9.17, 15) is 9.59 Å². The fourth-order valence-electron chi connectivity index (χ4n) is 2.71. The minimum Gasteiger partial charge on any atom is -0.494 e. The Kier molecular flexibility index (Phi) is 6.78.